The molecule has 0 fully saturated rings. The van der Waals surface area contributed by atoms with Crippen LogP contribution in [0.5, 0.6) is 0 Å². The zero-order valence-corrected chi connectivity index (χ0v) is 7.63. The van der Waals surface area contributed by atoms with E-state index in [1.165, 1.54) is 13.1 Å². The van der Waals surface area contributed by atoms with E-state index in [1.807, 2.05) is 0 Å². The molecule has 3 nitrogen and oxygen atoms in total. The van der Waals surface area contributed by atoms with Gasteiger partial charge in [-0.25, -0.2) is 4.98 Å². The van der Waals surface area contributed by atoms with Crippen LogP contribution in [0, 0.1) is 5.92 Å². The van der Waals surface area contributed by atoms with Crippen molar-refractivity contribution in [1.82, 2.24) is 4.98 Å². The predicted octanol–water partition coefficient (Wildman–Crippen LogP) is 2.08. The molecule has 0 N–H and O–H groups in total. The maximum atomic E-state index is 10.8. The Morgan fingerprint density at radius 3 is 2.75 bits per heavy atom. The van der Waals surface area contributed by atoms with E-state index < -0.39 is 0 Å². The van der Waals surface area contributed by atoms with Crippen molar-refractivity contribution < 1.29 is 9.21 Å². The van der Waals surface area contributed by atoms with Crippen LogP contribution in [0.15, 0.2) is 10.6 Å². The summed E-state index contributed by atoms with van der Waals surface area (Å²) in [4.78, 5) is 14.8. The monoisotopic (exact) mass is 167 g/mol. The Hall–Kier alpha value is -1.12. The van der Waals surface area contributed by atoms with Gasteiger partial charge in [0.2, 0.25) is 0 Å². The minimum Gasteiger partial charge on any atom is -0.438 e. The van der Waals surface area contributed by atoms with E-state index in [2.05, 4.69) is 18.8 Å². The van der Waals surface area contributed by atoms with Gasteiger partial charge >= 0.3 is 0 Å². The van der Waals surface area contributed by atoms with Crippen molar-refractivity contribution in [1.29, 1.82) is 0 Å². The topological polar surface area (TPSA) is 43.1 Å². The van der Waals surface area contributed by atoms with E-state index in [1.54, 1.807) is 0 Å². The number of hydrogen-bond acceptors (Lipinski definition) is 3. The van der Waals surface area contributed by atoms with Crippen LogP contribution >= 0.6 is 0 Å². The summed E-state index contributed by atoms with van der Waals surface area (Å²) < 4.78 is 5.20. The van der Waals surface area contributed by atoms with Gasteiger partial charge in [-0.15, -0.1) is 0 Å². The average molecular weight is 167 g/mol. The largest absolute Gasteiger partial charge is 0.438 e. The van der Waals surface area contributed by atoms with E-state index in [9.17, 15) is 4.79 Å². The molecule has 0 amide bonds. The molecule has 1 aromatic heterocycles. The first-order valence-corrected chi connectivity index (χ1v) is 4.05. The molecule has 0 bridgehead atoms. The number of aromatic nitrogens is 1. The summed E-state index contributed by atoms with van der Waals surface area (Å²) in [6, 6.07) is 0. The quantitative estimate of drug-likeness (QED) is 0.647. The number of carbonyl (C=O) groups is 1. The van der Waals surface area contributed by atoms with Crippen LogP contribution in [0.1, 0.15) is 37.2 Å². The maximum absolute atomic E-state index is 10.8. The fourth-order valence-electron chi connectivity index (χ4n) is 0.917. The van der Waals surface area contributed by atoms with Crippen LogP contribution in [0.2, 0.25) is 0 Å². The summed E-state index contributed by atoms with van der Waals surface area (Å²) in [6.07, 6.45) is 2.27. The van der Waals surface area contributed by atoms with Crippen molar-refractivity contribution in [3.05, 3.63) is 17.8 Å². The summed E-state index contributed by atoms with van der Waals surface area (Å²) in [5, 5.41) is 0. The molecule has 1 heterocycles. The van der Waals surface area contributed by atoms with E-state index in [4.69, 9.17) is 4.42 Å². The second-order valence-electron chi connectivity index (χ2n) is 3.27. The Kier molecular flexibility index (Phi) is 2.63. The average Bonchev–Trinajstić information content (AvgIpc) is 2.34. The van der Waals surface area contributed by atoms with Crippen molar-refractivity contribution in [2.75, 3.05) is 0 Å². The maximum Gasteiger partial charge on any atom is 0.196 e. The molecular formula is C9H13NO2. The third-order valence-electron chi connectivity index (χ3n) is 1.48. The Labute approximate surface area is 71.8 Å². The molecule has 0 saturated heterocycles. The molecule has 0 unspecified atom stereocenters. The summed E-state index contributed by atoms with van der Waals surface area (Å²) in [7, 11) is 0. The third-order valence-corrected chi connectivity index (χ3v) is 1.48. The fourth-order valence-corrected chi connectivity index (χ4v) is 0.917. The zero-order chi connectivity index (χ0) is 9.14. The SMILES string of the molecule is CC(=O)c1cnc(CC(C)C)o1. The molecule has 1 aromatic rings. The molecule has 0 saturated carbocycles. The van der Waals surface area contributed by atoms with Crippen LogP contribution in [0.4, 0.5) is 0 Å². The van der Waals surface area contributed by atoms with E-state index >= 15 is 0 Å². The van der Waals surface area contributed by atoms with Gasteiger partial charge in [0.1, 0.15) is 0 Å². The number of rotatable bonds is 3. The van der Waals surface area contributed by atoms with Crippen molar-refractivity contribution in [2.45, 2.75) is 27.2 Å². The molecule has 0 atom stereocenters. The molecule has 0 radical (unpaired) electrons. The molecule has 0 spiro atoms. The highest BCUT2D eigenvalue weighted by atomic mass is 16.4. The molecule has 0 aromatic carbocycles. The molecule has 66 valence electrons. The van der Waals surface area contributed by atoms with Crippen LogP contribution < -0.4 is 0 Å². The summed E-state index contributed by atoms with van der Waals surface area (Å²) in [5.41, 5.74) is 0. The molecular weight excluding hydrogens is 154 g/mol. The van der Waals surface area contributed by atoms with Gasteiger partial charge in [-0.3, -0.25) is 4.79 Å². The number of oxazole rings is 1. The van der Waals surface area contributed by atoms with Gasteiger partial charge in [0.15, 0.2) is 17.4 Å². The Morgan fingerprint density at radius 1 is 1.67 bits per heavy atom. The highest BCUT2D eigenvalue weighted by Gasteiger charge is 2.08. The Bertz CT molecular complexity index is 276. The molecule has 0 aliphatic heterocycles. The summed E-state index contributed by atoms with van der Waals surface area (Å²) in [5.74, 6) is 1.43. The number of Topliss-reactive ketones (excluding diaryl/α,β-unsaturated/α-hetero) is 1. The van der Waals surface area contributed by atoms with E-state index in [0.29, 0.717) is 17.6 Å². The second-order valence-corrected chi connectivity index (χ2v) is 3.27. The lowest BCUT2D eigenvalue weighted by Crippen LogP contribution is -1.93. The van der Waals surface area contributed by atoms with Gasteiger partial charge in [-0.05, 0) is 5.92 Å². The van der Waals surface area contributed by atoms with Gasteiger partial charge in [0.25, 0.3) is 0 Å². The normalized spacial score (nSPS) is 10.7. The molecule has 0 aliphatic carbocycles. The third kappa shape index (κ3) is 2.19. The predicted molar refractivity (Wildman–Crippen MR) is 45.0 cm³/mol. The lowest BCUT2D eigenvalue weighted by Gasteiger charge is -1.97. The highest BCUT2D eigenvalue weighted by molar-refractivity contribution is 5.90. The summed E-state index contributed by atoms with van der Waals surface area (Å²) in [6.45, 7) is 5.63. The lowest BCUT2D eigenvalue weighted by atomic mass is 10.1. The second kappa shape index (κ2) is 3.52. The highest BCUT2D eigenvalue weighted by Crippen LogP contribution is 2.09. The van der Waals surface area contributed by atoms with Crippen molar-refractivity contribution >= 4 is 5.78 Å². The van der Waals surface area contributed by atoms with Gasteiger partial charge in [-0.1, -0.05) is 13.8 Å². The molecule has 0 aliphatic rings. The van der Waals surface area contributed by atoms with Crippen LogP contribution in [0.3, 0.4) is 0 Å². The lowest BCUT2D eigenvalue weighted by molar-refractivity contribution is 0.0985. The van der Waals surface area contributed by atoms with Gasteiger partial charge in [-0.2, -0.15) is 0 Å². The van der Waals surface area contributed by atoms with Gasteiger partial charge < -0.3 is 4.42 Å². The smallest absolute Gasteiger partial charge is 0.196 e. The first-order valence-electron chi connectivity index (χ1n) is 4.05. The number of carbonyl (C=O) groups excluding carboxylic acids is 1. The first-order chi connectivity index (χ1) is 5.59. The number of hydrogen-bond donors (Lipinski definition) is 0. The van der Waals surface area contributed by atoms with Crippen molar-refractivity contribution in [3.63, 3.8) is 0 Å². The first kappa shape index (κ1) is 8.97. The fraction of sp³-hybridized carbons (Fsp3) is 0.556. The van der Waals surface area contributed by atoms with Crippen LogP contribution in [-0.2, 0) is 6.42 Å². The van der Waals surface area contributed by atoms with Crippen molar-refractivity contribution in [3.8, 4) is 0 Å². The van der Waals surface area contributed by atoms with Crippen LogP contribution in [0.25, 0.3) is 0 Å². The summed E-state index contributed by atoms with van der Waals surface area (Å²) >= 11 is 0. The van der Waals surface area contributed by atoms with Crippen LogP contribution in [-0.4, -0.2) is 10.8 Å². The van der Waals surface area contributed by atoms with E-state index in [0.717, 1.165) is 6.42 Å². The van der Waals surface area contributed by atoms with E-state index in [-0.39, 0.29) is 5.78 Å². The molecule has 1 rings (SSSR count). The number of ketones is 1. The minimum absolute atomic E-state index is 0.0718. The van der Waals surface area contributed by atoms with Gasteiger partial charge in [0, 0.05) is 13.3 Å². The molecule has 3 heteroatoms. The Morgan fingerprint density at radius 2 is 2.33 bits per heavy atom. The number of nitrogens with zero attached hydrogens (tertiary/aromatic N) is 1. The van der Waals surface area contributed by atoms with Crippen molar-refractivity contribution in [2.24, 2.45) is 5.92 Å². The molecule has 12 heavy (non-hydrogen) atoms. The standard InChI is InChI=1S/C9H13NO2/c1-6(2)4-9-10-5-8(12-9)7(3)11/h5-6H,4H2,1-3H3. The zero-order valence-electron chi connectivity index (χ0n) is 7.63. The minimum atomic E-state index is -0.0718. The van der Waals surface area contributed by atoms with Gasteiger partial charge in [0.05, 0.1) is 6.20 Å². The Balaban J connectivity index is 2.71.